The Labute approximate surface area is 171 Å². The Morgan fingerprint density at radius 1 is 1.03 bits per heavy atom. The summed E-state index contributed by atoms with van der Waals surface area (Å²) in [5, 5.41) is 6.02. The highest BCUT2D eigenvalue weighted by Crippen LogP contribution is 2.30. The van der Waals surface area contributed by atoms with Crippen LogP contribution >= 0.6 is 0 Å². The third kappa shape index (κ3) is 4.81. The van der Waals surface area contributed by atoms with Crippen molar-refractivity contribution in [3.05, 3.63) is 77.1 Å². The van der Waals surface area contributed by atoms with Gasteiger partial charge in [-0.1, -0.05) is 30.3 Å². The fourth-order valence-corrected chi connectivity index (χ4v) is 4.48. The molecule has 0 aliphatic heterocycles. The minimum absolute atomic E-state index is 0.297. The first-order valence-corrected chi connectivity index (χ1v) is 11.4. The second-order valence-electron chi connectivity index (χ2n) is 7.09. The second kappa shape index (κ2) is 8.71. The molecular weight excluding hydrogens is 384 g/mol. The molecule has 1 aromatic carbocycles. The molecule has 1 aliphatic rings. The molecule has 150 valence electrons. The number of nitrogens with one attached hydrogen (secondary N) is 1. The molecule has 0 saturated heterocycles. The Morgan fingerprint density at radius 2 is 1.79 bits per heavy atom. The van der Waals surface area contributed by atoms with Crippen molar-refractivity contribution < 1.29 is 8.42 Å². The summed E-state index contributed by atoms with van der Waals surface area (Å²) in [6, 6.07) is 13.3. The van der Waals surface area contributed by atoms with Gasteiger partial charge in [0.2, 0.25) is 10.0 Å². The number of aromatic nitrogens is 3. The average Bonchev–Trinajstić information content (AvgIpc) is 3.13. The van der Waals surface area contributed by atoms with Gasteiger partial charge < -0.3 is 0 Å². The highest BCUT2D eigenvalue weighted by atomic mass is 32.2. The largest absolute Gasteiger partial charge is 0.267 e. The summed E-state index contributed by atoms with van der Waals surface area (Å²) in [4.78, 5) is 4.09. The molecule has 2 aromatic heterocycles. The number of pyridine rings is 1. The highest BCUT2D eigenvalue weighted by molar-refractivity contribution is 7.92. The van der Waals surface area contributed by atoms with Crippen molar-refractivity contribution in [1.82, 2.24) is 19.5 Å². The van der Waals surface area contributed by atoms with Crippen LogP contribution in [-0.4, -0.2) is 29.7 Å². The number of benzene rings is 1. The number of fused-ring (bicyclic) bond motifs is 1. The highest BCUT2D eigenvalue weighted by Gasteiger charge is 2.21. The van der Waals surface area contributed by atoms with Crippen molar-refractivity contribution in [2.24, 2.45) is 0 Å². The van der Waals surface area contributed by atoms with Gasteiger partial charge in [-0.25, -0.2) is 13.1 Å². The summed E-state index contributed by atoms with van der Waals surface area (Å²) in [5.41, 5.74) is 5.41. The van der Waals surface area contributed by atoms with E-state index in [9.17, 15) is 8.42 Å². The Balaban J connectivity index is 1.46. The van der Waals surface area contributed by atoms with E-state index in [1.807, 2.05) is 47.1 Å². The zero-order valence-corrected chi connectivity index (χ0v) is 17.0. The van der Waals surface area contributed by atoms with E-state index >= 15 is 0 Å². The topological polar surface area (TPSA) is 76.9 Å². The first-order chi connectivity index (χ1) is 14.1. The number of sulfonamides is 1. The maximum atomic E-state index is 12.3. The molecule has 4 rings (SSSR count). The van der Waals surface area contributed by atoms with Gasteiger partial charge in [-0.05, 0) is 49.5 Å². The van der Waals surface area contributed by atoms with Crippen molar-refractivity contribution in [3.8, 4) is 11.3 Å². The molecule has 0 spiro atoms. The minimum atomic E-state index is -3.50. The Morgan fingerprint density at radius 3 is 2.59 bits per heavy atom. The van der Waals surface area contributed by atoms with Crippen LogP contribution in [0.3, 0.4) is 0 Å². The summed E-state index contributed by atoms with van der Waals surface area (Å²) in [5.74, 6) is 0. The quantitative estimate of drug-likeness (QED) is 0.650. The maximum absolute atomic E-state index is 12.3. The molecule has 1 N–H and O–H groups in total. The van der Waals surface area contributed by atoms with Crippen LogP contribution in [0.5, 0.6) is 0 Å². The first-order valence-electron chi connectivity index (χ1n) is 9.84. The normalized spacial score (nSPS) is 14.2. The van der Waals surface area contributed by atoms with Gasteiger partial charge >= 0.3 is 0 Å². The van der Waals surface area contributed by atoms with Crippen molar-refractivity contribution in [1.29, 1.82) is 0 Å². The van der Waals surface area contributed by atoms with Gasteiger partial charge in [-0.15, -0.1) is 0 Å². The predicted octanol–water partition coefficient (Wildman–Crippen LogP) is 3.41. The molecular formula is C22H24N4O2S. The van der Waals surface area contributed by atoms with Crippen LogP contribution in [0, 0.1) is 0 Å². The molecule has 1 aliphatic carbocycles. The third-order valence-electron chi connectivity index (χ3n) is 5.08. The van der Waals surface area contributed by atoms with Gasteiger partial charge in [-0.3, -0.25) is 9.67 Å². The standard InChI is InChI=1S/C22H24N4O2S/c27-29(28,17-12-18-6-2-1-3-7-18)24-15-16-26-21-9-5-4-8-20(21)22(25-26)19-10-13-23-14-11-19/h1-3,6-7,10-14,17,24H,4-5,8-9,15-16H2/b17-12+. The third-order valence-corrected chi connectivity index (χ3v) is 6.18. The van der Waals surface area contributed by atoms with Crippen molar-refractivity contribution in [2.45, 2.75) is 32.2 Å². The SMILES string of the molecule is O=S(=O)(/C=C/c1ccccc1)NCCn1nc(-c2ccncc2)c2c1CCCC2. The lowest BCUT2D eigenvalue weighted by Gasteiger charge is -2.14. The number of hydrogen-bond acceptors (Lipinski definition) is 4. The number of nitrogens with zero attached hydrogens (tertiary/aromatic N) is 3. The van der Waals surface area contributed by atoms with Crippen LogP contribution in [0.1, 0.15) is 29.7 Å². The zero-order valence-electron chi connectivity index (χ0n) is 16.2. The molecule has 0 unspecified atom stereocenters. The molecule has 0 radical (unpaired) electrons. The Kier molecular flexibility index (Phi) is 5.87. The van der Waals surface area contributed by atoms with E-state index in [0.717, 1.165) is 42.5 Å². The van der Waals surface area contributed by atoms with Crippen molar-refractivity contribution in [2.75, 3.05) is 6.54 Å². The molecule has 7 heteroatoms. The van der Waals surface area contributed by atoms with Gasteiger partial charge in [-0.2, -0.15) is 5.10 Å². The van der Waals surface area contributed by atoms with Gasteiger partial charge in [0.15, 0.2) is 0 Å². The molecule has 3 aromatic rings. The van der Waals surface area contributed by atoms with Gasteiger partial charge in [0, 0.05) is 41.2 Å². The lowest BCUT2D eigenvalue weighted by molar-refractivity contribution is 0.542. The van der Waals surface area contributed by atoms with E-state index in [1.54, 1.807) is 18.5 Å². The summed E-state index contributed by atoms with van der Waals surface area (Å²) in [6.45, 7) is 0.803. The fraction of sp³-hybridized carbons (Fsp3) is 0.273. The Hall–Kier alpha value is -2.77. The molecule has 2 heterocycles. The fourth-order valence-electron chi connectivity index (χ4n) is 3.67. The monoisotopic (exact) mass is 408 g/mol. The molecule has 6 nitrogen and oxygen atoms in total. The molecule has 0 bridgehead atoms. The summed E-state index contributed by atoms with van der Waals surface area (Å²) < 4.78 is 29.2. The molecule has 0 fully saturated rings. The summed E-state index contributed by atoms with van der Waals surface area (Å²) in [6.07, 6.45) is 9.44. The van der Waals surface area contributed by atoms with Gasteiger partial charge in [0.05, 0.1) is 12.2 Å². The van der Waals surface area contributed by atoms with E-state index in [4.69, 9.17) is 5.10 Å². The molecule has 0 amide bonds. The molecule has 0 saturated carbocycles. The Bertz CT molecular complexity index is 1090. The summed E-state index contributed by atoms with van der Waals surface area (Å²) >= 11 is 0. The van der Waals surface area contributed by atoms with Crippen LogP contribution in [0.2, 0.25) is 0 Å². The van der Waals surface area contributed by atoms with Crippen molar-refractivity contribution >= 4 is 16.1 Å². The molecule has 29 heavy (non-hydrogen) atoms. The number of hydrogen-bond donors (Lipinski definition) is 1. The van der Waals surface area contributed by atoms with Crippen LogP contribution < -0.4 is 4.72 Å². The molecule has 0 atom stereocenters. The number of rotatable bonds is 7. The lowest BCUT2D eigenvalue weighted by Crippen LogP contribution is -2.26. The van der Waals surface area contributed by atoms with Crippen LogP contribution in [0.15, 0.2) is 60.3 Å². The van der Waals surface area contributed by atoms with Crippen LogP contribution in [-0.2, 0) is 29.4 Å². The smallest absolute Gasteiger partial charge is 0.233 e. The van der Waals surface area contributed by atoms with E-state index in [1.165, 1.54) is 16.7 Å². The van der Waals surface area contributed by atoms with E-state index in [2.05, 4.69) is 9.71 Å². The minimum Gasteiger partial charge on any atom is -0.267 e. The first kappa shape index (κ1) is 19.5. The van der Waals surface area contributed by atoms with Gasteiger partial charge in [0.1, 0.15) is 0 Å². The van der Waals surface area contributed by atoms with Crippen LogP contribution in [0.25, 0.3) is 17.3 Å². The predicted molar refractivity (Wildman–Crippen MR) is 114 cm³/mol. The average molecular weight is 409 g/mol. The van der Waals surface area contributed by atoms with E-state index < -0.39 is 10.0 Å². The van der Waals surface area contributed by atoms with Gasteiger partial charge in [0.25, 0.3) is 0 Å². The van der Waals surface area contributed by atoms with Crippen LogP contribution in [0.4, 0.5) is 0 Å². The zero-order chi connectivity index (χ0) is 20.1. The second-order valence-corrected chi connectivity index (χ2v) is 8.74. The van der Waals surface area contributed by atoms with E-state index in [0.29, 0.717) is 13.1 Å². The maximum Gasteiger partial charge on any atom is 0.233 e. The van der Waals surface area contributed by atoms with Crippen molar-refractivity contribution in [3.63, 3.8) is 0 Å². The lowest BCUT2D eigenvalue weighted by atomic mass is 9.94. The summed E-state index contributed by atoms with van der Waals surface area (Å²) in [7, 11) is -3.50. The van der Waals surface area contributed by atoms with E-state index in [-0.39, 0.29) is 0 Å².